The summed E-state index contributed by atoms with van der Waals surface area (Å²) in [6.07, 6.45) is 8.52. The first-order valence-corrected chi connectivity index (χ1v) is 11.3. The number of amides is 1. The molecule has 1 saturated carbocycles. The molecule has 1 aromatic carbocycles. The molecule has 4 nitrogen and oxygen atoms in total. The van der Waals surface area contributed by atoms with E-state index in [1.54, 1.807) is 6.20 Å². The van der Waals surface area contributed by atoms with Crippen LogP contribution in [0.5, 0.6) is 0 Å². The van der Waals surface area contributed by atoms with Gasteiger partial charge in [-0.05, 0) is 73.4 Å². The average molecular weight is 487 g/mol. The Bertz CT molecular complexity index is 943. The summed E-state index contributed by atoms with van der Waals surface area (Å²) in [5, 5.41) is 10.7. The van der Waals surface area contributed by atoms with E-state index in [-0.39, 0.29) is 17.9 Å². The molecule has 2 fully saturated rings. The molecule has 0 N–H and O–H groups in total. The molecule has 1 aliphatic carbocycles. The van der Waals surface area contributed by atoms with Crippen LogP contribution in [-0.4, -0.2) is 16.9 Å². The number of nitriles is 1. The monoisotopic (exact) mass is 487 g/mol. The lowest BCUT2D eigenvalue weighted by atomic mass is 9.72. The van der Waals surface area contributed by atoms with Crippen LogP contribution in [0.25, 0.3) is 10.9 Å². The highest BCUT2D eigenvalue weighted by Gasteiger charge is 2.50. The van der Waals surface area contributed by atoms with Crippen molar-refractivity contribution in [3.05, 3.63) is 34.0 Å². The van der Waals surface area contributed by atoms with Crippen molar-refractivity contribution < 1.29 is 4.79 Å². The number of nitrogens with zero attached hydrogens (tertiary/aromatic N) is 3. The van der Waals surface area contributed by atoms with E-state index < -0.39 is 5.41 Å². The zero-order valence-electron chi connectivity index (χ0n) is 16.5. The second-order valence-corrected chi connectivity index (χ2v) is 10.1. The molecule has 2 aliphatic rings. The van der Waals surface area contributed by atoms with Gasteiger partial charge in [0.05, 0.1) is 34.6 Å². The summed E-state index contributed by atoms with van der Waals surface area (Å²) in [6.45, 7) is 3.95. The number of fused-ring (bicyclic) bond motifs is 1. The first-order valence-electron chi connectivity index (χ1n) is 10.2. The van der Waals surface area contributed by atoms with Crippen molar-refractivity contribution in [3.63, 3.8) is 0 Å². The van der Waals surface area contributed by atoms with Gasteiger partial charge in [0.15, 0.2) is 0 Å². The van der Waals surface area contributed by atoms with Crippen LogP contribution in [0.2, 0.25) is 0 Å². The number of aromatic nitrogens is 1. The van der Waals surface area contributed by atoms with Crippen LogP contribution in [0, 0.1) is 32.2 Å². The van der Waals surface area contributed by atoms with Gasteiger partial charge in [0.1, 0.15) is 0 Å². The van der Waals surface area contributed by atoms with Gasteiger partial charge in [-0.2, -0.15) is 5.26 Å². The lowest BCUT2D eigenvalue weighted by Crippen LogP contribution is -2.62. The number of benzene rings is 1. The standard InChI is InChI=1S/C23H26IN3O/c1-23(2,14-25)13-20-17(12-15-6-3-4-7-15)22(28)27(20)19-10-9-18(24)16-8-5-11-26-21(16)19/h5,8-11,15,17,20H,3-4,6-7,12-13H2,1-2H3. The maximum absolute atomic E-state index is 13.3. The molecule has 2 heterocycles. The van der Waals surface area contributed by atoms with Crippen LogP contribution in [0.15, 0.2) is 30.5 Å². The Hall–Kier alpha value is -1.68. The van der Waals surface area contributed by atoms with Gasteiger partial charge in [-0.25, -0.2) is 0 Å². The number of pyridine rings is 1. The Labute approximate surface area is 180 Å². The van der Waals surface area contributed by atoms with E-state index in [9.17, 15) is 10.1 Å². The van der Waals surface area contributed by atoms with E-state index in [0.717, 1.165) is 26.6 Å². The van der Waals surface area contributed by atoms with Crippen molar-refractivity contribution in [2.45, 2.75) is 58.4 Å². The highest BCUT2D eigenvalue weighted by molar-refractivity contribution is 14.1. The van der Waals surface area contributed by atoms with Crippen LogP contribution < -0.4 is 4.90 Å². The fourth-order valence-corrected chi connectivity index (χ4v) is 5.50. The molecule has 2 aromatic rings. The SMILES string of the molecule is CC(C)(C#N)CC1C(CC2CCCC2)C(=O)N1c1ccc(I)c2cccnc12. The Kier molecular flexibility index (Phi) is 5.34. The van der Waals surface area contributed by atoms with Crippen molar-refractivity contribution in [1.82, 2.24) is 4.98 Å². The molecule has 0 spiro atoms. The number of rotatable bonds is 5. The van der Waals surface area contributed by atoms with Gasteiger partial charge in [0.25, 0.3) is 0 Å². The highest BCUT2D eigenvalue weighted by Crippen LogP contribution is 2.45. The molecule has 4 rings (SSSR count). The summed E-state index contributed by atoms with van der Waals surface area (Å²) in [5.74, 6) is 0.906. The molecule has 28 heavy (non-hydrogen) atoms. The molecule has 2 unspecified atom stereocenters. The highest BCUT2D eigenvalue weighted by atomic mass is 127. The second-order valence-electron chi connectivity index (χ2n) is 8.93. The van der Waals surface area contributed by atoms with E-state index >= 15 is 0 Å². The van der Waals surface area contributed by atoms with Crippen molar-refractivity contribution in [2.24, 2.45) is 17.3 Å². The van der Waals surface area contributed by atoms with Crippen molar-refractivity contribution >= 4 is 45.1 Å². The molecule has 146 valence electrons. The zero-order chi connectivity index (χ0) is 19.9. The van der Waals surface area contributed by atoms with Gasteiger partial charge >= 0.3 is 0 Å². The van der Waals surface area contributed by atoms with E-state index in [1.165, 1.54) is 25.7 Å². The molecule has 0 radical (unpaired) electrons. The van der Waals surface area contributed by atoms with Gasteiger partial charge in [-0.1, -0.05) is 31.7 Å². The van der Waals surface area contributed by atoms with Gasteiger partial charge in [-0.15, -0.1) is 0 Å². The molecule has 2 atom stereocenters. The number of hydrogen-bond acceptors (Lipinski definition) is 3. The largest absolute Gasteiger partial charge is 0.306 e. The summed E-state index contributed by atoms with van der Waals surface area (Å²) >= 11 is 2.32. The second kappa shape index (κ2) is 7.62. The molecular weight excluding hydrogens is 461 g/mol. The molecular formula is C23H26IN3O. The van der Waals surface area contributed by atoms with Crippen LogP contribution in [0.1, 0.15) is 52.4 Å². The number of halogens is 1. The summed E-state index contributed by atoms with van der Waals surface area (Å²) in [7, 11) is 0. The fourth-order valence-electron chi connectivity index (χ4n) is 4.88. The Morgan fingerprint density at radius 1 is 1.29 bits per heavy atom. The topological polar surface area (TPSA) is 57.0 Å². The van der Waals surface area contributed by atoms with Gasteiger partial charge < -0.3 is 4.90 Å². The predicted octanol–water partition coefficient (Wildman–Crippen LogP) is 5.69. The smallest absolute Gasteiger partial charge is 0.232 e. The van der Waals surface area contributed by atoms with Crippen molar-refractivity contribution in [2.75, 3.05) is 4.90 Å². The van der Waals surface area contributed by atoms with Gasteiger partial charge in [0, 0.05) is 15.2 Å². The number of β-lactam (4-membered cyclic amide) rings is 1. The summed E-state index contributed by atoms with van der Waals surface area (Å²) in [5.41, 5.74) is 1.31. The molecule has 1 saturated heterocycles. The van der Waals surface area contributed by atoms with Crippen LogP contribution in [0.3, 0.4) is 0 Å². The molecule has 0 bridgehead atoms. The minimum Gasteiger partial charge on any atom is -0.306 e. The minimum absolute atomic E-state index is 0.0359. The maximum atomic E-state index is 13.3. The van der Waals surface area contributed by atoms with Gasteiger partial charge in [0.2, 0.25) is 5.91 Å². The van der Waals surface area contributed by atoms with E-state index in [1.807, 2.05) is 30.9 Å². The van der Waals surface area contributed by atoms with E-state index in [4.69, 9.17) is 0 Å². The lowest BCUT2D eigenvalue weighted by Gasteiger charge is -2.50. The lowest BCUT2D eigenvalue weighted by molar-refractivity contribution is -0.131. The number of carbonyl (C=O) groups is 1. The number of anilines is 1. The minimum atomic E-state index is -0.454. The molecule has 1 aromatic heterocycles. The zero-order valence-corrected chi connectivity index (χ0v) is 18.6. The fraction of sp³-hybridized carbons (Fsp3) is 0.522. The maximum Gasteiger partial charge on any atom is 0.232 e. The quantitative estimate of drug-likeness (QED) is 0.402. The first kappa shape index (κ1) is 19.6. The third-order valence-electron chi connectivity index (χ3n) is 6.39. The third kappa shape index (κ3) is 3.52. The van der Waals surface area contributed by atoms with E-state index in [2.05, 4.69) is 45.8 Å². The molecule has 1 aliphatic heterocycles. The summed E-state index contributed by atoms with van der Waals surface area (Å²) in [6, 6.07) is 10.6. The van der Waals surface area contributed by atoms with Crippen molar-refractivity contribution in [1.29, 1.82) is 5.26 Å². The van der Waals surface area contributed by atoms with Crippen LogP contribution >= 0.6 is 22.6 Å². The van der Waals surface area contributed by atoms with E-state index in [0.29, 0.717) is 12.3 Å². The average Bonchev–Trinajstić information content (AvgIpc) is 3.21. The summed E-state index contributed by atoms with van der Waals surface area (Å²) in [4.78, 5) is 19.8. The molecule has 5 heteroatoms. The normalized spacial score (nSPS) is 23.1. The van der Waals surface area contributed by atoms with Gasteiger partial charge in [-0.3, -0.25) is 9.78 Å². The Balaban J connectivity index is 1.70. The third-order valence-corrected chi connectivity index (χ3v) is 7.33. The first-order chi connectivity index (χ1) is 13.4. The number of hydrogen-bond donors (Lipinski definition) is 0. The number of carbonyl (C=O) groups excluding carboxylic acids is 1. The Morgan fingerprint density at radius 3 is 2.75 bits per heavy atom. The summed E-state index contributed by atoms with van der Waals surface area (Å²) < 4.78 is 1.13. The molecule has 1 amide bonds. The van der Waals surface area contributed by atoms with Crippen LogP contribution in [0.4, 0.5) is 5.69 Å². The van der Waals surface area contributed by atoms with Crippen LogP contribution in [-0.2, 0) is 4.79 Å². The predicted molar refractivity (Wildman–Crippen MR) is 120 cm³/mol. The van der Waals surface area contributed by atoms with Crippen molar-refractivity contribution in [3.8, 4) is 6.07 Å². The Morgan fingerprint density at radius 2 is 2.04 bits per heavy atom.